The topological polar surface area (TPSA) is 12.0 Å². The smallest absolute Gasteiger partial charge is 0.0407 e. The molecular formula is C14H14ClN. The molecule has 0 radical (unpaired) electrons. The van der Waals surface area contributed by atoms with Crippen molar-refractivity contribution in [2.75, 3.05) is 5.32 Å². The first kappa shape index (κ1) is 11.0. The molecule has 2 rings (SSSR count). The molecule has 0 aromatic heterocycles. The van der Waals surface area contributed by atoms with Gasteiger partial charge in [-0.1, -0.05) is 35.9 Å². The monoisotopic (exact) mass is 231 g/mol. The number of halogens is 1. The van der Waals surface area contributed by atoms with E-state index in [1.807, 2.05) is 24.3 Å². The molecule has 2 aromatic carbocycles. The van der Waals surface area contributed by atoms with Crippen LogP contribution < -0.4 is 5.32 Å². The Morgan fingerprint density at radius 2 is 1.69 bits per heavy atom. The van der Waals surface area contributed by atoms with E-state index in [1.54, 1.807) is 0 Å². The highest BCUT2D eigenvalue weighted by atomic mass is 35.5. The van der Waals surface area contributed by atoms with Crippen LogP contribution >= 0.6 is 11.6 Å². The Morgan fingerprint density at radius 3 is 2.38 bits per heavy atom. The summed E-state index contributed by atoms with van der Waals surface area (Å²) in [5, 5.41) is 4.14. The fourth-order valence-electron chi connectivity index (χ4n) is 1.57. The summed E-state index contributed by atoms with van der Waals surface area (Å²) in [5.74, 6) is 0. The summed E-state index contributed by atoms with van der Waals surface area (Å²) in [5.41, 5.74) is 3.72. The number of aryl methyl sites for hydroxylation is 1. The number of benzene rings is 2. The highest BCUT2D eigenvalue weighted by molar-refractivity contribution is 6.30. The summed E-state index contributed by atoms with van der Waals surface area (Å²) in [4.78, 5) is 0. The van der Waals surface area contributed by atoms with Gasteiger partial charge in [0, 0.05) is 17.3 Å². The number of hydrogen-bond acceptors (Lipinski definition) is 1. The molecule has 1 nitrogen and oxygen atoms in total. The summed E-state index contributed by atoms with van der Waals surface area (Å²) < 4.78 is 0. The lowest BCUT2D eigenvalue weighted by Crippen LogP contribution is -2.00. The third-order valence-electron chi connectivity index (χ3n) is 2.59. The lowest BCUT2D eigenvalue weighted by Gasteiger charge is -2.08. The van der Waals surface area contributed by atoms with Crippen molar-refractivity contribution in [3.05, 3.63) is 64.7 Å². The van der Waals surface area contributed by atoms with Crippen LogP contribution in [0.4, 0.5) is 5.69 Å². The zero-order valence-corrected chi connectivity index (χ0v) is 9.96. The molecule has 0 aliphatic rings. The standard InChI is InChI=1S/C14H14ClN/c1-11-4-2-3-5-12(11)10-16-14-8-6-13(15)7-9-14/h2-9,16H,10H2,1H3. The first-order valence-corrected chi connectivity index (χ1v) is 5.67. The van der Waals surface area contributed by atoms with Gasteiger partial charge in [-0.05, 0) is 42.3 Å². The van der Waals surface area contributed by atoms with Crippen LogP contribution in [0.25, 0.3) is 0 Å². The number of anilines is 1. The van der Waals surface area contributed by atoms with Crippen LogP contribution in [0.15, 0.2) is 48.5 Å². The predicted molar refractivity (Wildman–Crippen MR) is 70.0 cm³/mol. The minimum absolute atomic E-state index is 0.765. The summed E-state index contributed by atoms with van der Waals surface area (Å²) in [6.45, 7) is 2.97. The molecule has 0 saturated heterocycles. The maximum absolute atomic E-state index is 5.83. The minimum Gasteiger partial charge on any atom is -0.381 e. The average molecular weight is 232 g/mol. The molecule has 0 bridgehead atoms. The van der Waals surface area contributed by atoms with Gasteiger partial charge in [-0.15, -0.1) is 0 Å². The fourth-order valence-corrected chi connectivity index (χ4v) is 1.70. The molecule has 0 heterocycles. The first-order chi connectivity index (χ1) is 7.75. The van der Waals surface area contributed by atoms with Crippen LogP contribution in [0.2, 0.25) is 5.02 Å². The van der Waals surface area contributed by atoms with E-state index in [4.69, 9.17) is 11.6 Å². The van der Waals surface area contributed by atoms with Crippen LogP contribution in [0.1, 0.15) is 11.1 Å². The molecule has 0 aliphatic carbocycles. The summed E-state index contributed by atoms with van der Waals surface area (Å²) >= 11 is 5.83. The number of rotatable bonds is 3. The van der Waals surface area contributed by atoms with Gasteiger partial charge in [0.15, 0.2) is 0 Å². The molecule has 2 heteroatoms. The molecule has 0 atom stereocenters. The minimum atomic E-state index is 0.765. The van der Waals surface area contributed by atoms with E-state index < -0.39 is 0 Å². The van der Waals surface area contributed by atoms with Gasteiger partial charge in [0.25, 0.3) is 0 Å². The zero-order valence-electron chi connectivity index (χ0n) is 9.20. The van der Waals surface area contributed by atoms with Gasteiger partial charge in [0.05, 0.1) is 0 Å². The molecule has 0 fully saturated rings. The van der Waals surface area contributed by atoms with Crippen molar-refractivity contribution in [2.24, 2.45) is 0 Å². The molecule has 0 aliphatic heterocycles. The summed E-state index contributed by atoms with van der Waals surface area (Å²) in [6.07, 6.45) is 0. The highest BCUT2D eigenvalue weighted by Gasteiger charge is 1.97. The second kappa shape index (κ2) is 5.04. The summed E-state index contributed by atoms with van der Waals surface area (Å²) in [7, 11) is 0. The normalized spacial score (nSPS) is 10.1. The van der Waals surface area contributed by atoms with Crippen LogP contribution in [0, 0.1) is 6.92 Å². The van der Waals surface area contributed by atoms with Gasteiger partial charge >= 0.3 is 0 Å². The van der Waals surface area contributed by atoms with Gasteiger partial charge in [0.2, 0.25) is 0 Å². The third kappa shape index (κ3) is 2.77. The quantitative estimate of drug-likeness (QED) is 0.832. The van der Waals surface area contributed by atoms with E-state index in [-0.39, 0.29) is 0 Å². The molecular weight excluding hydrogens is 218 g/mol. The Hall–Kier alpha value is -1.47. The van der Waals surface area contributed by atoms with Crippen molar-refractivity contribution in [1.82, 2.24) is 0 Å². The number of hydrogen-bond donors (Lipinski definition) is 1. The third-order valence-corrected chi connectivity index (χ3v) is 2.84. The van der Waals surface area contributed by atoms with E-state index >= 15 is 0 Å². The predicted octanol–water partition coefficient (Wildman–Crippen LogP) is 4.26. The Labute approximate surface area is 101 Å². The molecule has 1 N–H and O–H groups in total. The van der Waals surface area contributed by atoms with E-state index in [9.17, 15) is 0 Å². The van der Waals surface area contributed by atoms with Gasteiger partial charge in [-0.2, -0.15) is 0 Å². The Kier molecular flexibility index (Phi) is 3.47. The Balaban J connectivity index is 2.02. The van der Waals surface area contributed by atoms with Crippen LogP contribution in [-0.4, -0.2) is 0 Å². The maximum Gasteiger partial charge on any atom is 0.0407 e. The van der Waals surface area contributed by atoms with E-state index in [2.05, 4.69) is 36.5 Å². The highest BCUT2D eigenvalue weighted by Crippen LogP contribution is 2.15. The van der Waals surface area contributed by atoms with Crippen LogP contribution in [0.3, 0.4) is 0 Å². The largest absolute Gasteiger partial charge is 0.381 e. The molecule has 0 amide bonds. The van der Waals surface area contributed by atoms with Gasteiger partial charge in [-0.25, -0.2) is 0 Å². The zero-order chi connectivity index (χ0) is 11.4. The molecule has 0 spiro atoms. The maximum atomic E-state index is 5.83. The first-order valence-electron chi connectivity index (χ1n) is 5.29. The van der Waals surface area contributed by atoms with E-state index in [0.717, 1.165) is 17.3 Å². The van der Waals surface area contributed by atoms with Crippen molar-refractivity contribution >= 4 is 17.3 Å². The Morgan fingerprint density at radius 1 is 1.00 bits per heavy atom. The van der Waals surface area contributed by atoms with Crippen molar-refractivity contribution < 1.29 is 0 Å². The van der Waals surface area contributed by atoms with Crippen molar-refractivity contribution in [3.8, 4) is 0 Å². The van der Waals surface area contributed by atoms with Crippen LogP contribution in [-0.2, 0) is 6.54 Å². The second-order valence-electron chi connectivity index (χ2n) is 3.79. The molecule has 16 heavy (non-hydrogen) atoms. The van der Waals surface area contributed by atoms with Crippen molar-refractivity contribution in [1.29, 1.82) is 0 Å². The lowest BCUT2D eigenvalue weighted by molar-refractivity contribution is 1.12. The lowest BCUT2D eigenvalue weighted by atomic mass is 10.1. The molecule has 0 saturated carbocycles. The van der Waals surface area contributed by atoms with Gasteiger partial charge < -0.3 is 5.32 Å². The molecule has 2 aromatic rings. The molecule has 82 valence electrons. The van der Waals surface area contributed by atoms with Gasteiger partial charge in [0.1, 0.15) is 0 Å². The number of nitrogens with one attached hydrogen (secondary N) is 1. The van der Waals surface area contributed by atoms with Crippen molar-refractivity contribution in [3.63, 3.8) is 0 Å². The fraction of sp³-hybridized carbons (Fsp3) is 0.143. The average Bonchev–Trinajstić information content (AvgIpc) is 2.30. The molecule has 0 unspecified atom stereocenters. The van der Waals surface area contributed by atoms with Gasteiger partial charge in [-0.3, -0.25) is 0 Å². The van der Waals surface area contributed by atoms with Crippen molar-refractivity contribution in [2.45, 2.75) is 13.5 Å². The van der Waals surface area contributed by atoms with E-state index in [1.165, 1.54) is 11.1 Å². The van der Waals surface area contributed by atoms with Crippen LogP contribution in [0.5, 0.6) is 0 Å². The second-order valence-corrected chi connectivity index (χ2v) is 4.22. The summed E-state index contributed by atoms with van der Waals surface area (Å²) in [6, 6.07) is 16.1. The van der Waals surface area contributed by atoms with E-state index in [0.29, 0.717) is 0 Å². The Bertz CT molecular complexity index is 462. The SMILES string of the molecule is Cc1ccccc1CNc1ccc(Cl)cc1.